The lowest BCUT2D eigenvalue weighted by Gasteiger charge is -2.34. The van der Waals surface area contributed by atoms with Gasteiger partial charge in [-0.05, 0) is 38.7 Å². The number of likely N-dealkylation sites (tertiary alicyclic amines) is 1. The highest BCUT2D eigenvalue weighted by Crippen LogP contribution is 2.30. The molecule has 1 saturated heterocycles. The molecule has 6 nitrogen and oxygen atoms in total. The van der Waals surface area contributed by atoms with E-state index in [0.717, 1.165) is 37.2 Å². The number of carbonyl (C=O) groups excluding carboxylic acids is 2. The second kappa shape index (κ2) is 7.53. The molecule has 126 valence electrons. The number of aromatic nitrogens is 2. The summed E-state index contributed by atoms with van der Waals surface area (Å²) in [6, 6.07) is 1.99. The first kappa shape index (κ1) is 17.4. The van der Waals surface area contributed by atoms with Crippen molar-refractivity contribution in [3.05, 3.63) is 23.3 Å². The van der Waals surface area contributed by atoms with Crippen LogP contribution in [0.4, 0.5) is 0 Å². The fourth-order valence-corrected chi connectivity index (χ4v) is 3.03. The lowest BCUT2D eigenvalue weighted by atomic mass is 9.98. The average molecular weight is 318 g/mol. The highest BCUT2D eigenvalue weighted by molar-refractivity contribution is 5.75. The summed E-state index contributed by atoms with van der Waals surface area (Å²) in [6.45, 7) is 4.27. The lowest BCUT2D eigenvalue weighted by molar-refractivity contribution is -0.132. The first-order chi connectivity index (χ1) is 10.9. The Morgan fingerprint density at radius 2 is 2.04 bits per heavy atom. The molecule has 0 saturated carbocycles. The van der Waals surface area contributed by atoms with Gasteiger partial charge in [0.05, 0.1) is 11.7 Å². The smallest absolute Gasteiger partial charge is 0.222 e. The van der Waals surface area contributed by atoms with Crippen LogP contribution in [0.15, 0.2) is 6.07 Å². The molecular formula is C17H26N4O2. The van der Waals surface area contributed by atoms with Gasteiger partial charge in [-0.2, -0.15) is 0 Å². The van der Waals surface area contributed by atoms with E-state index in [-0.39, 0.29) is 17.9 Å². The molecule has 1 atom stereocenters. The minimum Gasteiger partial charge on any atom is -0.349 e. The molecule has 2 rings (SSSR count). The van der Waals surface area contributed by atoms with Crippen LogP contribution in [0, 0.1) is 6.92 Å². The van der Waals surface area contributed by atoms with E-state index >= 15 is 0 Å². The Hall–Kier alpha value is -1.98. The molecule has 0 radical (unpaired) electrons. The predicted molar refractivity (Wildman–Crippen MR) is 87.8 cm³/mol. The standard InChI is InChI=1S/C17H26N4O2/c1-12-18-14(8-9-17(23)20(3)4)11-15(19-12)16-7-5-6-10-21(16)13(2)22/h11,16H,5-10H2,1-4H3/t16-/m1/s1. The third-order valence-electron chi connectivity index (χ3n) is 4.25. The molecule has 0 unspecified atom stereocenters. The first-order valence-electron chi connectivity index (χ1n) is 8.20. The molecule has 2 amide bonds. The second-order valence-corrected chi connectivity index (χ2v) is 6.34. The van der Waals surface area contributed by atoms with Gasteiger partial charge in [0.1, 0.15) is 5.82 Å². The van der Waals surface area contributed by atoms with Gasteiger partial charge in [0.25, 0.3) is 0 Å². The summed E-state index contributed by atoms with van der Waals surface area (Å²) in [4.78, 5) is 36.1. The van der Waals surface area contributed by atoms with Crippen LogP contribution in [0.3, 0.4) is 0 Å². The summed E-state index contributed by atoms with van der Waals surface area (Å²) < 4.78 is 0. The SMILES string of the molecule is CC(=O)N1CCCC[C@@H]1c1cc(CCC(=O)N(C)C)nc(C)n1. The van der Waals surface area contributed by atoms with Crippen LogP contribution in [0.2, 0.25) is 0 Å². The quantitative estimate of drug-likeness (QED) is 0.850. The number of rotatable bonds is 4. The van der Waals surface area contributed by atoms with Gasteiger partial charge in [-0.1, -0.05) is 0 Å². The van der Waals surface area contributed by atoms with Crippen molar-refractivity contribution < 1.29 is 9.59 Å². The second-order valence-electron chi connectivity index (χ2n) is 6.34. The van der Waals surface area contributed by atoms with Gasteiger partial charge in [-0.3, -0.25) is 9.59 Å². The lowest BCUT2D eigenvalue weighted by Crippen LogP contribution is -2.37. The van der Waals surface area contributed by atoms with Crippen molar-refractivity contribution in [1.29, 1.82) is 0 Å². The molecule has 2 heterocycles. The van der Waals surface area contributed by atoms with E-state index in [9.17, 15) is 9.59 Å². The summed E-state index contributed by atoms with van der Waals surface area (Å²) in [6.07, 6.45) is 4.12. The summed E-state index contributed by atoms with van der Waals surface area (Å²) in [5, 5.41) is 0. The van der Waals surface area contributed by atoms with Crippen LogP contribution in [0.25, 0.3) is 0 Å². The number of piperidine rings is 1. The number of hydrogen-bond donors (Lipinski definition) is 0. The topological polar surface area (TPSA) is 66.4 Å². The van der Waals surface area contributed by atoms with E-state index in [1.807, 2.05) is 17.9 Å². The molecule has 1 aromatic rings. The van der Waals surface area contributed by atoms with Crippen molar-refractivity contribution in [3.8, 4) is 0 Å². The molecule has 0 aliphatic carbocycles. The molecule has 6 heteroatoms. The number of nitrogens with zero attached hydrogens (tertiary/aromatic N) is 4. The van der Waals surface area contributed by atoms with Gasteiger partial charge < -0.3 is 9.80 Å². The van der Waals surface area contributed by atoms with E-state index in [2.05, 4.69) is 9.97 Å². The van der Waals surface area contributed by atoms with Crippen molar-refractivity contribution >= 4 is 11.8 Å². The van der Waals surface area contributed by atoms with E-state index < -0.39 is 0 Å². The molecule has 0 aromatic carbocycles. The molecule has 0 spiro atoms. The number of carbonyl (C=O) groups is 2. The van der Waals surface area contributed by atoms with Crippen LogP contribution < -0.4 is 0 Å². The summed E-state index contributed by atoms with van der Waals surface area (Å²) in [7, 11) is 3.51. The van der Waals surface area contributed by atoms with Crippen molar-refractivity contribution in [1.82, 2.24) is 19.8 Å². The summed E-state index contributed by atoms with van der Waals surface area (Å²) in [5.74, 6) is 0.880. The Kier molecular flexibility index (Phi) is 5.69. The first-order valence-corrected chi connectivity index (χ1v) is 8.20. The Morgan fingerprint density at radius 3 is 2.70 bits per heavy atom. The molecule has 0 N–H and O–H groups in total. The number of hydrogen-bond acceptors (Lipinski definition) is 4. The van der Waals surface area contributed by atoms with Crippen molar-refractivity contribution in [2.45, 2.75) is 52.0 Å². The Bertz CT molecular complexity index is 586. The predicted octanol–water partition coefficient (Wildman–Crippen LogP) is 1.88. The monoisotopic (exact) mass is 318 g/mol. The van der Waals surface area contributed by atoms with Crippen molar-refractivity contribution in [2.24, 2.45) is 0 Å². The van der Waals surface area contributed by atoms with Crippen LogP contribution >= 0.6 is 0 Å². The molecule has 1 aliphatic heterocycles. The Labute approximate surface area is 137 Å². The van der Waals surface area contributed by atoms with Crippen molar-refractivity contribution in [3.63, 3.8) is 0 Å². The molecular weight excluding hydrogens is 292 g/mol. The van der Waals surface area contributed by atoms with Gasteiger partial charge >= 0.3 is 0 Å². The molecule has 1 aromatic heterocycles. The van der Waals surface area contributed by atoms with Crippen LogP contribution in [0.1, 0.15) is 55.9 Å². The summed E-state index contributed by atoms with van der Waals surface area (Å²) >= 11 is 0. The largest absolute Gasteiger partial charge is 0.349 e. The fourth-order valence-electron chi connectivity index (χ4n) is 3.03. The molecule has 23 heavy (non-hydrogen) atoms. The maximum atomic E-state index is 11.9. The van der Waals surface area contributed by atoms with Crippen LogP contribution in [-0.4, -0.2) is 52.2 Å². The van der Waals surface area contributed by atoms with Gasteiger partial charge in [-0.25, -0.2) is 9.97 Å². The zero-order valence-electron chi connectivity index (χ0n) is 14.5. The highest BCUT2D eigenvalue weighted by Gasteiger charge is 2.27. The zero-order valence-corrected chi connectivity index (χ0v) is 14.5. The van der Waals surface area contributed by atoms with Crippen LogP contribution in [-0.2, 0) is 16.0 Å². The van der Waals surface area contributed by atoms with E-state index in [0.29, 0.717) is 18.7 Å². The maximum Gasteiger partial charge on any atom is 0.222 e. The van der Waals surface area contributed by atoms with Crippen LogP contribution in [0.5, 0.6) is 0 Å². The summed E-state index contributed by atoms with van der Waals surface area (Å²) in [5.41, 5.74) is 1.77. The van der Waals surface area contributed by atoms with Gasteiger partial charge in [0.2, 0.25) is 11.8 Å². The van der Waals surface area contributed by atoms with E-state index in [1.165, 1.54) is 0 Å². The highest BCUT2D eigenvalue weighted by atomic mass is 16.2. The van der Waals surface area contributed by atoms with Gasteiger partial charge in [0, 0.05) is 39.7 Å². The fraction of sp³-hybridized carbons (Fsp3) is 0.647. The maximum absolute atomic E-state index is 11.9. The average Bonchev–Trinajstić information content (AvgIpc) is 2.51. The van der Waals surface area contributed by atoms with Crippen molar-refractivity contribution in [2.75, 3.05) is 20.6 Å². The molecule has 1 aliphatic rings. The van der Waals surface area contributed by atoms with Gasteiger partial charge in [-0.15, -0.1) is 0 Å². The molecule has 1 fully saturated rings. The van der Waals surface area contributed by atoms with Gasteiger partial charge in [0.15, 0.2) is 0 Å². The third-order valence-corrected chi connectivity index (χ3v) is 4.25. The Balaban J connectivity index is 2.18. The number of aryl methyl sites for hydroxylation is 2. The van der Waals surface area contributed by atoms with E-state index in [1.54, 1.807) is 25.9 Å². The minimum atomic E-state index is 0.0336. The zero-order chi connectivity index (χ0) is 17.0. The Morgan fingerprint density at radius 1 is 1.30 bits per heavy atom. The third kappa shape index (κ3) is 4.50. The van der Waals surface area contributed by atoms with E-state index in [4.69, 9.17) is 0 Å². The molecule has 0 bridgehead atoms. The normalized spacial score (nSPS) is 17.9. The minimum absolute atomic E-state index is 0.0336. The number of amides is 2.